The van der Waals surface area contributed by atoms with Crippen LogP contribution in [0.15, 0.2) is 12.2 Å². The number of hydrogen-bond acceptors (Lipinski definition) is 18. The minimum atomic E-state index is -0.725. The Morgan fingerprint density at radius 1 is 0.483 bits per heavy atom. The number of nitrogens with zero attached hydrogens (tertiary/aromatic N) is 3. The molecule has 0 aromatic rings. The Labute approximate surface area is 349 Å². The lowest BCUT2D eigenvalue weighted by molar-refractivity contribution is -0.198. The van der Waals surface area contributed by atoms with Gasteiger partial charge in [-0.25, -0.2) is 14.4 Å². The van der Waals surface area contributed by atoms with Gasteiger partial charge in [-0.15, -0.1) is 10.1 Å². The third kappa shape index (κ3) is 22.5. The van der Waals surface area contributed by atoms with Crippen molar-refractivity contribution < 1.29 is 85.9 Å². The normalized spacial score (nSPS) is 17.5. The summed E-state index contributed by atoms with van der Waals surface area (Å²) in [6.07, 6.45) is 8.04. The fourth-order valence-corrected chi connectivity index (χ4v) is 5.55. The SMILES string of the molecule is O=C(CCOCCOCCOCCOCCN(CCOCCOCCOCCOCCC(=O)ON1C(=O)CCC1=O)C(=O)OC1CC/C=C/CCC1)ON1C(=O)CCC1=O. The summed E-state index contributed by atoms with van der Waals surface area (Å²) in [6, 6.07) is 0. The fraction of sp³-hybridized carbons (Fsp3) is 0.769. The van der Waals surface area contributed by atoms with Crippen LogP contribution >= 0.6 is 0 Å². The molecule has 2 aliphatic heterocycles. The quantitative estimate of drug-likeness (QED) is 0.0516. The molecule has 3 aliphatic rings. The Kier molecular flexibility index (Phi) is 26.6. The van der Waals surface area contributed by atoms with Gasteiger partial charge in [-0.3, -0.25) is 19.2 Å². The van der Waals surface area contributed by atoms with E-state index in [0.29, 0.717) is 76.1 Å². The zero-order chi connectivity index (χ0) is 43.0. The molecule has 5 amide bonds. The molecule has 1 unspecified atom stereocenters. The fourth-order valence-electron chi connectivity index (χ4n) is 5.55. The second-order valence-corrected chi connectivity index (χ2v) is 13.5. The number of hydrogen-bond donors (Lipinski definition) is 0. The Morgan fingerprint density at radius 2 is 0.833 bits per heavy atom. The van der Waals surface area contributed by atoms with Crippen molar-refractivity contribution in [1.82, 2.24) is 15.0 Å². The number of imide groups is 2. The van der Waals surface area contributed by atoms with Crippen LogP contribution < -0.4 is 0 Å². The highest BCUT2D eigenvalue weighted by Crippen LogP contribution is 2.17. The molecule has 2 fully saturated rings. The van der Waals surface area contributed by atoms with Crippen molar-refractivity contribution >= 4 is 41.7 Å². The van der Waals surface area contributed by atoms with Gasteiger partial charge in [-0.05, 0) is 32.1 Å². The van der Waals surface area contributed by atoms with Crippen LogP contribution in [0.5, 0.6) is 0 Å². The lowest BCUT2D eigenvalue weighted by Crippen LogP contribution is -2.39. The molecule has 1 aliphatic carbocycles. The van der Waals surface area contributed by atoms with Gasteiger partial charge in [0.2, 0.25) is 0 Å². The van der Waals surface area contributed by atoms with E-state index in [0.717, 1.165) is 32.1 Å². The van der Waals surface area contributed by atoms with Crippen LogP contribution in [0.1, 0.15) is 70.6 Å². The van der Waals surface area contributed by atoms with Crippen LogP contribution in [0, 0.1) is 0 Å². The third-order valence-corrected chi connectivity index (χ3v) is 8.79. The van der Waals surface area contributed by atoms with Gasteiger partial charge in [0.15, 0.2) is 0 Å². The van der Waals surface area contributed by atoms with E-state index in [9.17, 15) is 33.6 Å². The molecule has 60 heavy (non-hydrogen) atoms. The van der Waals surface area contributed by atoms with E-state index in [-0.39, 0.29) is 97.5 Å². The number of carbonyl (C=O) groups is 7. The van der Waals surface area contributed by atoms with Gasteiger partial charge in [0, 0.05) is 38.8 Å². The molecular weight excluding hydrogens is 798 g/mol. The van der Waals surface area contributed by atoms with Gasteiger partial charge in [0.05, 0.1) is 119 Å². The first-order valence-corrected chi connectivity index (χ1v) is 20.6. The summed E-state index contributed by atoms with van der Waals surface area (Å²) in [4.78, 5) is 93.7. The molecule has 340 valence electrons. The molecular formula is C39H61N3O18. The summed E-state index contributed by atoms with van der Waals surface area (Å²) >= 11 is 0. The van der Waals surface area contributed by atoms with Crippen molar-refractivity contribution in [3.8, 4) is 0 Å². The first-order valence-electron chi connectivity index (χ1n) is 20.6. The van der Waals surface area contributed by atoms with Crippen LogP contribution in [-0.4, -0.2) is 182 Å². The summed E-state index contributed by atoms with van der Waals surface area (Å²) in [5.41, 5.74) is 0. The highest BCUT2D eigenvalue weighted by molar-refractivity contribution is 6.02. The maximum absolute atomic E-state index is 13.1. The predicted molar refractivity (Wildman–Crippen MR) is 204 cm³/mol. The predicted octanol–water partition coefficient (Wildman–Crippen LogP) is 1.44. The second kappa shape index (κ2) is 31.7. The minimum absolute atomic E-state index is 0.0370. The standard InChI is InChI=1S/C39H61N3O18/c43-33-8-9-34(44)41(33)59-37(47)12-16-50-20-24-54-28-30-56-26-22-52-18-14-40(39(49)58-32-6-4-2-1-3-5-7-32)15-19-53-23-27-57-31-29-55-25-21-51-17-13-38(48)60-42-35(45)10-11-36(42)46/h1-2,32H,3-31H2/b2-1+. The van der Waals surface area contributed by atoms with Crippen molar-refractivity contribution in [2.45, 2.75) is 76.7 Å². The van der Waals surface area contributed by atoms with E-state index in [1.54, 1.807) is 4.90 Å². The van der Waals surface area contributed by atoms with Crippen LogP contribution in [0.25, 0.3) is 0 Å². The molecule has 1 atom stereocenters. The Balaban J connectivity index is 1.15. The van der Waals surface area contributed by atoms with E-state index in [4.69, 9.17) is 52.3 Å². The van der Waals surface area contributed by atoms with Crippen LogP contribution in [0.3, 0.4) is 0 Å². The van der Waals surface area contributed by atoms with Crippen molar-refractivity contribution in [3.63, 3.8) is 0 Å². The van der Waals surface area contributed by atoms with E-state index >= 15 is 0 Å². The molecule has 21 nitrogen and oxygen atoms in total. The maximum Gasteiger partial charge on any atom is 0.410 e. The monoisotopic (exact) mass is 859 g/mol. The highest BCUT2D eigenvalue weighted by atomic mass is 16.7. The van der Waals surface area contributed by atoms with Crippen LogP contribution in [0.2, 0.25) is 0 Å². The third-order valence-electron chi connectivity index (χ3n) is 8.79. The summed E-state index contributed by atoms with van der Waals surface area (Å²) in [7, 11) is 0. The zero-order valence-corrected chi connectivity index (χ0v) is 34.4. The van der Waals surface area contributed by atoms with Gasteiger partial charge in [-0.2, -0.15) is 0 Å². The summed E-state index contributed by atoms with van der Waals surface area (Å²) < 4.78 is 49.8. The van der Waals surface area contributed by atoms with E-state index in [2.05, 4.69) is 12.2 Å². The van der Waals surface area contributed by atoms with Gasteiger partial charge in [-0.1, -0.05) is 12.2 Å². The number of ether oxygens (including phenoxy) is 9. The van der Waals surface area contributed by atoms with E-state index in [1.165, 1.54) is 0 Å². The molecule has 0 saturated carbocycles. The Bertz CT molecular complexity index is 1240. The first kappa shape index (κ1) is 50.3. The second-order valence-electron chi connectivity index (χ2n) is 13.5. The van der Waals surface area contributed by atoms with Gasteiger partial charge < -0.3 is 57.2 Å². The number of hydroxylamine groups is 4. The molecule has 3 rings (SSSR count). The molecule has 21 heteroatoms. The average Bonchev–Trinajstić information content (AvgIpc) is 3.71. The topological polar surface area (TPSA) is 231 Å². The zero-order valence-electron chi connectivity index (χ0n) is 34.4. The van der Waals surface area contributed by atoms with Crippen molar-refractivity contribution in [1.29, 1.82) is 0 Å². The number of allylic oxidation sites excluding steroid dienone is 2. The van der Waals surface area contributed by atoms with Gasteiger partial charge >= 0.3 is 18.0 Å². The molecule has 0 radical (unpaired) electrons. The summed E-state index contributed by atoms with van der Waals surface area (Å²) in [5.74, 6) is -3.57. The maximum atomic E-state index is 13.1. The highest BCUT2D eigenvalue weighted by Gasteiger charge is 2.33. The lowest BCUT2D eigenvalue weighted by atomic mass is 10.0. The Morgan fingerprint density at radius 3 is 1.23 bits per heavy atom. The number of rotatable bonds is 33. The first-order chi connectivity index (χ1) is 29.2. The summed E-state index contributed by atoms with van der Waals surface area (Å²) in [6.45, 7) is 4.99. The molecule has 0 aromatic heterocycles. The summed E-state index contributed by atoms with van der Waals surface area (Å²) in [5, 5.41) is 1.01. The average molecular weight is 860 g/mol. The van der Waals surface area contributed by atoms with Crippen molar-refractivity contribution in [3.05, 3.63) is 12.2 Å². The Hall–Kier alpha value is -4.09. The molecule has 0 bridgehead atoms. The lowest BCUT2D eigenvalue weighted by Gasteiger charge is -2.26. The number of amides is 5. The van der Waals surface area contributed by atoms with Crippen molar-refractivity contribution in [2.24, 2.45) is 0 Å². The molecule has 0 aromatic carbocycles. The largest absolute Gasteiger partial charge is 0.446 e. The molecule has 2 heterocycles. The van der Waals surface area contributed by atoms with Gasteiger partial charge in [0.25, 0.3) is 23.6 Å². The van der Waals surface area contributed by atoms with Crippen molar-refractivity contribution in [2.75, 3.05) is 119 Å². The van der Waals surface area contributed by atoms with Gasteiger partial charge in [0.1, 0.15) is 6.10 Å². The minimum Gasteiger partial charge on any atom is -0.446 e. The number of carbonyl (C=O) groups excluding carboxylic acids is 7. The molecule has 2 saturated heterocycles. The molecule has 0 N–H and O–H groups in total. The van der Waals surface area contributed by atoms with E-state index < -0.39 is 41.7 Å². The molecule has 0 spiro atoms. The van der Waals surface area contributed by atoms with E-state index in [1.807, 2.05) is 0 Å². The smallest absolute Gasteiger partial charge is 0.410 e. The van der Waals surface area contributed by atoms with Crippen LogP contribution in [0.4, 0.5) is 4.79 Å². The van der Waals surface area contributed by atoms with Crippen LogP contribution in [-0.2, 0) is 81.1 Å².